The molecule has 1 heterocycles. The number of para-hydroxylation sites is 1. The van der Waals surface area contributed by atoms with Crippen LogP contribution in [0.3, 0.4) is 0 Å². The average Bonchev–Trinajstić information content (AvgIpc) is 3.26. The van der Waals surface area contributed by atoms with Crippen molar-refractivity contribution in [3.63, 3.8) is 0 Å². The summed E-state index contributed by atoms with van der Waals surface area (Å²) in [6.07, 6.45) is 6.82. The van der Waals surface area contributed by atoms with Crippen molar-refractivity contribution in [2.75, 3.05) is 17.2 Å². The van der Waals surface area contributed by atoms with Gasteiger partial charge in [-0.05, 0) is 25.3 Å². The first-order valence-corrected chi connectivity index (χ1v) is 7.21. The third-order valence-corrected chi connectivity index (χ3v) is 3.80. The quantitative estimate of drug-likeness (QED) is 0.887. The molecule has 1 aliphatic carbocycles. The molecule has 1 aromatic heterocycles. The maximum atomic E-state index is 6.22. The molecular formula is C16H21N3. The number of aromatic nitrogens is 1. The van der Waals surface area contributed by atoms with Gasteiger partial charge in [-0.1, -0.05) is 31.5 Å². The highest BCUT2D eigenvalue weighted by atomic mass is 15.2. The van der Waals surface area contributed by atoms with E-state index in [1.54, 1.807) is 6.20 Å². The molecular weight excluding hydrogens is 234 g/mol. The molecule has 0 saturated heterocycles. The van der Waals surface area contributed by atoms with Gasteiger partial charge in [0.1, 0.15) is 0 Å². The number of pyridine rings is 1. The van der Waals surface area contributed by atoms with E-state index in [2.05, 4.69) is 35.0 Å². The summed E-state index contributed by atoms with van der Waals surface area (Å²) in [6, 6.07) is 8.97. The molecule has 0 amide bonds. The number of fused-ring (bicyclic) bond motifs is 1. The third-order valence-electron chi connectivity index (χ3n) is 3.80. The fraction of sp³-hybridized carbons (Fsp3) is 0.438. The fourth-order valence-corrected chi connectivity index (χ4v) is 2.65. The lowest BCUT2D eigenvalue weighted by Gasteiger charge is -2.27. The van der Waals surface area contributed by atoms with Gasteiger partial charge in [0.25, 0.3) is 0 Å². The SMILES string of the molecule is CCCCN(c1c(N)cnc2ccccc12)C1CC1. The highest BCUT2D eigenvalue weighted by molar-refractivity contribution is 5.97. The second kappa shape index (κ2) is 5.08. The molecule has 2 aromatic rings. The molecule has 1 saturated carbocycles. The van der Waals surface area contributed by atoms with Gasteiger partial charge < -0.3 is 10.6 Å². The van der Waals surface area contributed by atoms with Gasteiger partial charge in [-0.3, -0.25) is 4.98 Å². The van der Waals surface area contributed by atoms with Crippen molar-refractivity contribution in [3.05, 3.63) is 30.5 Å². The molecule has 3 heteroatoms. The molecule has 1 aromatic carbocycles. The molecule has 0 radical (unpaired) electrons. The minimum absolute atomic E-state index is 0.680. The Balaban J connectivity index is 2.07. The van der Waals surface area contributed by atoms with Crippen molar-refractivity contribution in [2.45, 2.75) is 38.6 Å². The fourth-order valence-electron chi connectivity index (χ4n) is 2.65. The highest BCUT2D eigenvalue weighted by Crippen LogP contribution is 2.38. The number of benzene rings is 1. The van der Waals surface area contributed by atoms with Crippen molar-refractivity contribution in [2.24, 2.45) is 0 Å². The van der Waals surface area contributed by atoms with Crippen LogP contribution in [0.25, 0.3) is 10.9 Å². The smallest absolute Gasteiger partial charge is 0.0745 e. The monoisotopic (exact) mass is 255 g/mol. The molecule has 1 aliphatic rings. The van der Waals surface area contributed by atoms with Crippen molar-refractivity contribution in [3.8, 4) is 0 Å². The number of hydrogen-bond acceptors (Lipinski definition) is 3. The van der Waals surface area contributed by atoms with E-state index in [9.17, 15) is 0 Å². The van der Waals surface area contributed by atoms with Crippen LogP contribution < -0.4 is 10.6 Å². The number of unbranched alkanes of at least 4 members (excludes halogenated alkanes) is 1. The molecule has 3 rings (SSSR count). The van der Waals surface area contributed by atoms with Gasteiger partial charge in [0.2, 0.25) is 0 Å². The Labute approximate surface area is 114 Å². The number of nitrogens with zero attached hydrogens (tertiary/aromatic N) is 2. The highest BCUT2D eigenvalue weighted by Gasteiger charge is 2.30. The number of hydrogen-bond donors (Lipinski definition) is 1. The Morgan fingerprint density at radius 2 is 2.11 bits per heavy atom. The molecule has 0 unspecified atom stereocenters. The topological polar surface area (TPSA) is 42.1 Å². The van der Waals surface area contributed by atoms with Crippen LogP contribution in [-0.2, 0) is 0 Å². The van der Waals surface area contributed by atoms with Crippen LogP contribution in [0.5, 0.6) is 0 Å². The van der Waals surface area contributed by atoms with E-state index in [4.69, 9.17) is 5.73 Å². The predicted octanol–water partition coefficient (Wildman–Crippen LogP) is 3.59. The Hall–Kier alpha value is -1.77. The number of rotatable bonds is 5. The van der Waals surface area contributed by atoms with Crippen molar-refractivity contribution in [1.29, 1.82) is 0 Å². The van der Waals surface area contributed by atoms with E-state index >= 15 is 0 Å². The molecule has 1 fully saturated rings. The first-order chi connectivity index (χ1) is 9.31. The molecule has 100 valence electrons. The maximum Gasteiger partial charge on any atom is 0.0745 e. The zero-order valence-electron chi connectivity index (χ0n) is 11.5. The van der Waals surface area contributed by atoms with Crippen LogP contribution in [0, 0.1) is 0 Å². The molecule has 19 heavy (non-hydrogen) atoms. The normalized spacial score (nSPS) is 14.8. The summed E-state index contributed by atoms with van der Waals surface area (Å²) >= 11 is 0. The number of nitrogen functional groups attached to an aromatic ring is 1. The van der Waals surface area contributed by atoms with Crippen LogP contribution in [0.1, 0.15) is 32.6 Å². The Kier molecular flexibility index (Phi) is 3.28. The first-order valence-electron chi connectivity index (χ1n) is 7.21. The van der Waals surface area contributed by atoms with Gasteiger partial charge in [0.15, 0.2) is 0 Å². The predicted molar refractivity (Wildman–Crippen MR) is 81.4 cm³/mol. The van der Waals surface area contributed by atoms with Crippen LogP contribution >= 0.6 is 0 Å². The van der Waals surface area contributed by atoms with Crippen LogP contribution in [0.15, 0.2) is 30.5 Å². The number of nitrogens with two attached hydrogens (primary N) is 1. The Bertz CT molecular complexity index is 575. The minimum Gasteiger partial charge on any atom is -0.396 e. The molecule has 3 nitrogen and oxygen atoms in total. The lowest BCUT2D eigenvalue weighted by molar-refractivity contribution is 0.715. The number of anilines is 2. The van der Waals surface area contributed by atoms with Gasteiger partial charge >= 0.3 is 0 Å². The van der Waals surface area contributed by atoms with E-state index in [0.717, 1.165) is 17.7 Å². The zero-order valence-corrected chi connectivity index (χ0v) is 11.5. The first kappa shape index (κ1) is 12.3. The lowest BCUT2D eigenvalue weighted by atomic mass is 10.1. The lowest BCUT2D eigenvalue weighted by Crippen LogP contribution is -2.28. The largest absolute Gasteiger partial charge is 0.396 e. The minimum atomic E-state index is 0.680. The average molecular weight is 255 g/mol. The van der Waals surface area contributed by atoms with E-state index in [1.165, 1.54) is 36.8 Å². The molecule has 0 bridgehead atoms. The summed E-state index contributed by atoms with van der Waals surface area (Å²) in [5.74, 6) is 0. The van der Waals surface area contributed by atoms with E-state index < -0.39 is 0 Å². The van der Waals surface area contributed by atoms with E-state index in [0.29, 0.717) is 6.04 Å². The van der Waals surface area contributed by atoms with Crippen molar-refractivity contribution in [1.82, 2.24) is 4.98 Å². The maximum absolute atomic E-state index is 6.22. The van der Waals surface area contributed by atoms with Gasteiger partial charge in [0.05, 0.1) is 23.1 Å². The van der Waals surface area contributed by atoms with E-state index in [1.807, 2.05) is 6.07 Å². The second-order valence-corrected chi connectivity index (χ2v) is 5.36. The summed E-state index contributed by atoms with van der Waals surface area (Å²) in [7, 11) is 0. The summed E-state index contributed by atoms with van der Waals surface area (Å²) < 4.78 is 0. The molecule has 0 aliphatic heterocycles. The molecule has 0 spiro atoms. The summed E-state index contributed by atoms with van der Waals surface area (Å²) in [6.45, 7) is 3.33. The third kappa shape index (κ3) is 2.37. The Morgan fingerprint density at radius 1 is 1.32 bits per heavy atom. The van der Waals surface area contributed by atoms with Crippen molar-refractivity contribution >= 4 is 22.3 Å². The van der Waals surface area contributed by atoms with Crippen LogP contribution in [0.4, 0.5) is 11.4 Å². The van der Waals surface area contributed by atoms with Gasteiger partial charge in [-0.15, -0.1) is 0 Å². The van der Waals surface area contributed by atoms with Crippen LogP contribution in [0.2, 0.25) is 0 Å². The van der Waals surface area contributed by atoms with Gasteiger partial charge in [-0.25, -0.2) is 0 Å². The standard InChI is InChI=1S/C16H21N3/c1-2-3-10-19(12-8-9-12)16-13-6-4-5-7-15(13)18-11-14(16)17/h4-7,11-12H,2-3,8-10,17H2,1H3. The second-order valence-electron chi connectivity index (χ2n) is 5.36. The molecule has 2 N–H and O–H groups in total. The van der Waals surface area contributed by atoms with Crippen LogP contribution in [-0.4, -0.2) is 17.6 Å². The molecule has 0 atom stereocenters. The summed E-state index contributed by atoms with van der Waals surface area (Å²) in [5.41, 5.74) is 9.26. The van der Waals surface area contributed by atoms with E-state index in [-0.39, 0.29) is 0 Å². The summed E-state index contributed by atoms with van der Waals surface area (Å²) in [5, 5.41) is 1.19. The zero-order chi connectivity index (χ0) is 13.2. The van der Waals surface area contributed by atoms with Crippen molar-refractivity contribution < 1.29 is 0 Å². The van der Waals surface area contributed by atoms with Gasteiger partial charge in [-0.2, -0.15) is 0 Å². The summed E-state index contributed by atoms with van der Waals surface area (Å²) in [4.78, 5) is 6.93. The van der Waals surface area contributed by atoms with Gasteiger partial charge in [0, 0.05) is 18.0 Å². The Morgan fingerprint density at radius 3 is 2.84 bits per heavy atom.